The van der Waals surface area contributed by atoms with Crippen LogP contribution in [0.3, 0.4) is 0 Å². The highest BCUT2D eigenvalue weighted by molar-refractivity contribution is 5.94. The van der Waals surface area contributed by atoms with E-state index < -0.39 is 24.3 Å². The van der Waals surface area contributed by atoms with E-state index in [1.54, 1.807) is 19.1 Å². The number of nitrogens with zero attached hydrogens (tertiary/aromatic N) is 2. The number of aromatic nitrogens is 2. The fourth-order valence-corrected chi connectivity index (χ4v) is 2.93. The lowest BCUT2D eigenvalue weighted by atomic mass is 10.2. The van der Waals surface area contributed by atoms with Crippen LogP contribution in [0.25, 0.3) is 11.4 Å². The van der Waals surface area contributed by atoms with Crippen molar-refractivity contribution in [3.63, 3.8) is 0 Å². The summed E-state index contributed by atoms with van der Waals surface area (Å²) in [4.78, 5) is 27.8. The monoisotopic (exact) mass is 433 g/mol. The van der Waals surface area contributed by atoms with Gasteiger partial charge in [0.15, 0.2) is 18.2 Å². The number of carbonyl (C=O) groups excluding carboxylic acids is 2. The molecule has 0 aliphatic rings. The van der Waals surface area contributed by atoms with Crippen LogP contribution in [0.15, 0.2) is 48.5 Å². The maximum absolute atomic E-state index is 12.7. The maximum Gasteiger partial charge on any atom is 0.416 e. The van der Waals surface area contributed by atoms with Gasteiger partial charge in [0.2, 0.25) is 0 Å². The summed E-state index contributed by atoms with van der Waals surface area (Å²) >= 11 is 0. The fourth-order valence-electron chi connectivity index (χ4n) is 2.93. The predicted molar refractivity (Wildman–Crippen MR) is 105 cm³/mol. The minimum atomic E-state index is -4.51. The van der Waals surface area contributed by atoms with E-state index >= 15 is 0 Å². The third-order valence-corrected chi connectivity index (χ3v) is 4.32. The zero-order valence-corrected chi connectivity index (χ0v) is 16.5. The van der Waals surface area contributed by atoms with Gasteiger partial charge < -0.3 is 15.3 Å². The number of amides is 1. The molecule has 31 heavy (non-hydrogen) atoms. The molecule has 3 rings (SSSR count). The van der Waals surface area contributed by atoms with Gasteiger partial charge in [0.1, 0.15) is 11.4 Å². The summed E-state index contributed by atoms with van der Waals surface area (Å²) in [7, 11) is 0. The number of imidazole rings is 1. The number of aryl methyl sites for hydroxylation is 1. The highest BCUT2D eigenvalue weighted by Crippen LogP contribution is 2.30. The number of halogens is 3. The van der Waals surface area contributed by atoms with Gasteiger partial charge in [-0.15, -0.1) is 0 Å². The van der Waals surface area contributed by atoms with Crippen LogP contribution in [0.1, 0.15) is 28.7 Å². The second-order valence-electron chi connectivity index (χ2n) is 6.68. The normalized spacial score (nSPS) is 11.3. The summed E-state index contributed by atoms with van der Waals surface area (Å²) in [6.45, 7) is 2.51. The first-order chi connectivity index (χ1) is 14.6. The van der Waals surface area contributed by atoms with Crippen LogP contribution in [-0.4, -0.2) is 33.2 Å². The Kier molecular flexibility index (Phi) is 6.00. The number of rotatable bonds is 6. The molecule has 0 bridgehead atoms. The molecule has 0 unspecified atom stereocenters. The van der Waals surface area contributed by atoms with E-state index in [9.17, 15) is 28.0 Å². The molecule has 2 N–H and O–H groups in total. The molecule has 0 saturated heterocycles. The third kappa shape index (κ3) is 5.03. The highest BCUT2D eigenvalue weighted by atomic mass is 19.4. The van der Waals surface area contributed by atoms with Crippen LogP contribution in [-0.2, 0) is 11.0 Å². The molecule has 0 radical (unpaired) electrons. The number of alkyl halides is 3. The lowest BCUT2D eigenvalue weighted by molar-refractivity contribution is -0.137. The van der Waals surface area contributed by atoms with E-state index in [4.69, 9.17) is 4.74 Å². The predicted octanol–water partition coefficient (Wildman–Crippen LogP) is 4.33. The first-order valence-electron chi connectivity index (χ1n) is 9.06. The molecule has 0 saturated carbocycles. The molecule has 2 aromatic carbocycles. The summed E-state index contributed by atoms with van der Waals surface area (Å²) < 4.78 is 44.3. The van der Waals surface area contributed by atoms with Crippen molar-refractivity contribution < 1.29 is 32.7 Å². The van der Waals surface area contributed by atoms with Crippen LogP contribution < -0.4 is 10.1 Å². The van der Waals surface area contributed by atoms with Crippen molar-refractivity contribution in [2.45, 2.75) is 20.0 Å². The van der Waals surface area contributed by atoms with Gasteiger partial charge in [-0.2, -0.15) is 17.9 Å². The van der Waals surface area contributed by atoms with E-state index in [0.29, 0.717) is 17.0 Å². The molecule has 0 fully saturated rings. The average Bonchev–Trinajstić information content (AvgIpc) is 3.00. The number of ether oxygens (including phenoxy) is 1. The third-order valence-electron chi connectivity index (χ3n) is 4.32. The molecular weight excluding hydrogens is 415 g/mol. The molecule has 0 aliphatic heterocycles. The molecular formula is C21H18F3N3O4. The molecule has 3 aromatic rings. The summed E-state index contributed by atoms with van der Waals surface area (Å²) in [6, 6.07) is 10.5. The van der Waals surface area contributed by atoms with Gasteiger partial charge in [-0.3, -0.25) is 9.59 Å². The van der Waals surface area contributed by atoms with Crippen LogP contribution in [0.4, 0.5) is 18.9 Å². The first kappa shape index (κ1) is 21.9. The van der Waals surface area contributed by atoms with Crippen molar-refractivity contribution in [3.8, 4) is 17.1 Å². The van der Waals surface area contributed by atoms with Gasteiger partial charge in [-0.05, 0) is 49.4 Å². The average molecular weight is 433 g/mol. The zero-order valence-electron chi connectivity index (χ0n) is 16.5. The van der Waals surface area contributed by atoms with Gasteiger partial charge in [0.05, 0.1) is 11.3 Å². The molecule has 0 spiro atoms. The second kappa shape index (κ2) is 8.50. The highest BCUT2D eigenvalue weighted by Gasteiger charge is 2.30. The number of hydrogen-bond donors (Lipinski definition) is 2. The molecule has 162 valence electrons. The first-order valence-corrected chi connectivity index (χ1v) is 9.06. The number of anilines is 1. The van der Waals surface area contributed by atoms with Crippen molar-refractivity contribution in [2.75, 3.05) is 11.9 Å². The quantitative estimate of drug-likeness (QED) is 0.446. The van der Waals surface area contributed by atoms with E-state index in [-0.39, 0.29) is 23.0 Å². The molecule has 10 heteroatoms. The summed E-state index contributed by atoms with van der Waals surface area (Å²) in [6.07, 6.45) is -4.51. The molecule has 7 nitrogen and oxygen atoms in total. The number of benzene rings is 2. The van der Waals surface area contributed by atoms with Crippen LogP contribution in [0, 0.1) is 6.92 Å². The van der Waals surface area contributed by atoms with Gasteiger partial charge >= 0.3 is 6.18 Å². The van der Waals surface area contributed by atoms with Crippen molar-refractivity contribution in [1.29, 1.82) is 0 Å². The Morgan fingerprint density at radius 1 is 1.16 bits per heavy atom. The summed E-state index contributed by atoms with van der Waals surface area (Å²) in [5.74, 6) is -0.458. The molecule has 1 amide bonds. The van der Waals surface area contributed by atoms with Gasteiger partial charge in [-0.1, -0.05) is 6.07 Å². The van der Waals surface area contributed by atoms with Gasteiger partial charge in [0, 0.05) is 18.2 Å². The lowest BCUT2D eigenvalue weighted by Gasteiger charge is -2.11. The van der Waals surface area contributed by atoms with Crippen molar-refractivity contribution in [1.82, 2.24) is 9.71 Å². The van der Waals surface area contributed by atoms with Crippen LogP contribution >= 0.6 is 0 Å². The maximum atomic E-state index is 12.7. The summed E-state index contributed by atoms with van der Waals surface area (Å²) in [5.41, 5.74) is 0.120. The molecule has 1 aromatic heterocycles. The Hall–Kier alpha value is -3.82. The Bertz CT molecular complexity index is 1120. The number of ketones is 1. The van der Waals surface area contributed by atoms with Crippen molar-refractivity contribution >= 4 is 17.4 Å². The molecule has 0 aliphatic carbocycles. The van der Waals surface area contributed by atoms with E-state index in [0.717, 1.165) is 16.9 Å². The van der Waals surface area contributed by atoms with E-state index in [2.05, 4.69) is 10.3 Å². The van der Waals surface area contributed by atoms with Crippen LogP contribution in [0.5, 0.6) is 5.75 Å². The number of Topliss-reactive ketones (excluding diaryl/α,β-unsaturated/α-hetero) is 1. The van der Waals surface area contributed by atoms with E-state index in [1.807, 2.05) is 0 Å². The van der Waals surface area contributed by atoms with E-state index in [1.165, 1.54) is 31.2 Å². The van der Waals surface area contributed by atoms with Crippen molar-refractivity contribution in [2.24, 2.45) is 0 Å². The van der Waals surface area contributed by atoms with Crippen molar-refractivity contribution in [3.05, 3.63) is 65.5 Å². The number of carbonyl (C=O) groups is 2. The zero-order chi connectivity index (χ0) is 22.8. The standard InChI is InChI=1S/C21H18F3N3O4/c1-12-19(13(2)28)27(30)20(25-12)14-6-8-17(9-7-14)31-11-18(29)26-16-5-3-4-15(10-16)21(22,23)24/h3-10,30H,11H2,1-2H3,(H,26,29). The van der Waals surface area contributed by atoms with Gasteiger partial charge in [0.25, 0.3) is 5.91 Å². The van der Waals surface area contributed by atoms with Gasteiger partial charge in [-0.25, -0.2) is 4.98 Å². The summed E-state index contributed by atoms with van der Waals surface area (Å²) in [5, 5.41) is 12.5. The van der Waals surface area contributed by atoms with Crippen LogP contribution in [0.2, 0.25) is 0 Å². The minimum Gasteiger partial charge on any atom is -0.484 e. The SMILES string of the molecule is CC(=O)c1c(C)nc(-c2ccc(OCC(=O)Nc3cccc(C(F)(F)F)c3)cc2)n1O. The molecule has 1 heterocycles. The Labute approximate surface area is 175 Å². The Morgan fingerprint density at radius 3 is 2.42 bits per heavy atom. The minimum absolute atomic E-state index is 0.00482. The smallest absolute Gasteiger partial charge is 0.416 e. The lowest BCUT2D eigenvalue weighted by Crippen LogP contribution is -2.20. The second-order valence-corrected chi connectivity index (χ2v) is 6.68. The Balaban J connectivity index is 1.63. The topological polar surface area (TPSA) is 93.5 Å². The fraction of sp³-hybridized carbons (Fsp3) is 0.190. The Morgan fingerprint density at radius 2 is 1.84 bits per heavy atom. The molecule has 0 atom stereocenters. The largest absolute Gasteiger partial charge is 0.484 e. The number of hydrogen-bond acceptors (Lipinski definition) is 5. The number of nitrogens with one attached hydrogen (secondary N) is 1.